The number of non-ortho nitro benzene ring substituents is 2. The van der Waals surface area contributed by atoms with Gasteiger partial charge in [-0.05, 0) is 11.6 Å². The van der Waals surface area contributed by atoms with Crippen LogP contribution in [0, 0.1) is 31.6 Å². The van der Waals surface area contributed by atoms with Crippen LogP contribution in [0.4, 0.5) is 11.4 Å². The van der Waals surface area contributed by atoms with Crippen molar-refractivity contribution in [3.63, 3.8) is 0 Å². The van der Waals surface area contributed by atoms with E-state index in [0.29, 0.717) is 11.1 Å². The van der Waals surface area contributed by atoms with Crippen LogP contribution in [0.15, 0.2) is 59.2 Å². The highest BCUT2D eigenvalue weighted by molar-refractivity contribution is 6.02. The number of carbonyl (C=O) groups excluding carboxylic acids is 1. The molecule has 1 N–H and O–H groups in total. The summed E-state index contributed by atoms with van der Waals surface area (Å²) in [7, 11) is 0. The Kier molecular flexibility index (Phi) is 6.06. The predicted molar refractivity (Wildman–Crippen MR) is 95.5 cm³/mol. The Morgan fingerprint density at radius 3 is 2.15 bits per heavy atom. The van der Waals surface area contributed by atoms with E-state index in [9.17, 15) is 25.0 Å². The molecule has 0 aromatic heterocycles. The van der Waals surface area contributed by atoms with Gasteiger partial charge in [-0.1, -0.05) is 24.3 Å². The Balaban J connectivity index is 2.12. The number of nitriles is 1. The first kappa shape index (κ1) is 18.9. The van der Waals surface area contributed by atoms with Gasteiger partial charge in [0.1, 0.15) is 11.6 Å². The van der Waals surface area contributed by atoms with Crippen molar-refractivity contribution in [1.82, 2.24) is 5.43 Å². The van der Waals surface area contributed by atoms with Crippen molar-refractivity contribution in [1.29, 1.82) is 5.26 Å². The number of benzene rings is 2. The summed E-state index contributed by atoms with van der Waals surface area (Å²) < 4.78 is 0. The zero-order valence-electron chi connectivity index (χ0n) is 13.6. The van der Waals surface area contributed by atoms with Gasteiger partial charge in [-0.25, -0.2) is 5.43 Å². The topological polar surface area (TPSA) is 152 Å². The molecular weight excluding hydrogens is 354 g/mol. The highest BCUT2D eigenvalue weighted by Crippen LogP contribution is 2.16. The molecule has 1 amide bonds. The Hall–Kier alpha value is -4.39. The average Bonchev–Trinajstić information content (AvgIpc) is 2.66. The second-order valence-corrected chi connectivity index (χ2v) is 5.07. The molecule has 2 aromatic rings. The van der Waals surface area contributed by atoms with Gasteiger partial charge in [0.2, 0.25) is 0 Å². The monoisotopic (exact) mass is 365 g/mol. The second-order valence-electron chi connectivity index (χ2n) is 5.07. The van der Waals surface area contributed by atoms with Gasteiger partial charge in [-0.3, -0.25) is 25.0 Å². The van der Waals surface area contributed by atoms with Gasteiger partial charge >= 0.3 is 0 Å². The molecule has 0 saturated heterocycles. The third-order valence-corrected chi connectivity index (χ3v) is 3.22. The molecule has 0 radical (unpaired) electrons. The standard InChI is InChI=1S/C17H11N5O5/c18-10-14(7-12-3-1-5-15(8-12)21(24)25)17(23)20-19-11-13-4-2-6-16(9-13)22(26)27/h1-9,11H,(H,20,23)/b14-7+,19-11-. The van der Waals surface area contributed by atoms with E-state index in [1.165, 1.54) is 54.8 Å². The summed E-state index contributed by atoms with van der Waals surface area (Å²) in [5.41, 5.74) is 2.19. The van der Waals surface area contributed by atoms with Crippen LogP contribution in [-0.4, -0.2) is 22.0 Å². The van der Waals surface area contributed by atoms with Crippen molar-refractivity contribution < 1.29 is 14.6 Å². The SMILES string of the molecule is N#C/C(=C\c1cccc([N+](=O)[O-])c1)C(=O)N/N=C\c1cccc([N+](=O)[O-])c1. The molecule has 10 nitrogen and oxygen atoms in total. The van der Waals surface area contributed by atoms with Crippen molar-refractivity contribution in [2.45, 2.75) is 0 Å². The number of hydrazone groups is 1. The summed E-state index contributed by atoms with van der Waals surface area (Å²) in [6.45, 7) is 0. The van der Waals surface area contributed by atoms with Gasteiger partial charge in [-0.2, -0.15) is 10.4 Å². The highest BCUT2D eigenvalue weighted by Gasteiger charge is 2.10. The Labute approximate surface area is 152 Å². The second kappa shape index (κ2) is 8.63. The largest absolute Gasteiger partial charge is 0.282 e. The first-order valence-corrected chi connectivity index (χ1v) is 7.35. The van der Waals surface area contributed by atoms with Crippen LogP contribution in [-0.2, 0) is 4.79 Å². The van der Waals surface area contributed by atoms with E-state index in [2.05, 4.69) is 10.5 Å². The molecule has 0 spiro atoms. The fraction of sp³-hybridized carbons (Fsp3) is 0. The lowest BCUT2D eigenvalue weighted by Gasteiger charge is -1.99. The minimum absolute atomic E-state index is 0.131. The molecule has 27 heavy (non-hydrogen) atoms. The first-order chi connectivity index (χ1) is 12.9. The number of hydrogen-bond donors (Lipinski definition) is 1. The van der Waals surface area contributed by atoms with Crippen LogP contribution >= 0.6 is 0 Å². The zero-order valence-corrected chi connectivity index (χ0v) is 13.6. The molecule has 0 saturated carbocycles. The van der Waals surface area contributed by atoms with E-state index in [4.69, 9.17) is 5.26 Å². The van der Waals surface area contributed by atoms with Crippen molar-refractivity contribution in [3.05, 3.63) is 85.5 Å². The quantitative estimate of drug-likeness (QED) is 0.273. The molecule has 0 bridgehead atoms. The predicted octanol–water partition coefficient (Wildman–Crippen LogP) is 2.56. The molecule has 0 heterocycles. The summed E-state index contributed by atoms with van der Waals surface area (Å²) in [5.74, 6) is -0.828. The maximum Gasteiger partial charge on any atom is 0.282 e. The summed E-state index contributed by atoms with van der Waals surface area (Å²) in [4.78, 5) is 32.3. The normalized spacial score (nSPS) is 11.0. The van der Waals surface area contributed by atoms with Crippen LogP contribution in [0.3, 0.4) is 0 Å². The lowest BCUT2D eigenvalue weighted by Crippen LogP contribution is -2.19. The number of amides is 1. The molecule has 2 aromatic carbocycles. The molecule has 10 heteroatoms. The van der Waals surface area contributed by atoms with Gasteiger partial charge in [0.25, 0.3) is 17.3 Å². The van der Waals surface area contributed by atoms with E-state index in [1.54, 1.807) is 12.1 Å². The zero-order chi connectivity index (χ0) is 19.8. The van der Waals surface area contributed by atoms with Crippen molar-refractivity contribution in [2.75, 3.05) is 0 Å². The number of hydrogen-bond acceptors (Lipinski definition) is 7. The number of rotatable bonds is 6. The maximum atomic E-state index is 12.0. The van der Waals surface area contributed by atoms with Gasteiger partial charge < -0.3 is 0 Å². The van der Waals surface area contributed by atoms with Crippen LogP contribution in [0.25, 0.3) is 6.08 Å². The van der Waals surface area contributed by atoms with Gasteiger partial charge in [0.15, 0.2) is 0 Å². The average molecular weight is 365 g/mol. The van der Waals surface area contributed by atoms with Gasteiger partial charge in [-0.15, -0.1) is 0 Å². The van der Waals surface area contributed by atoms with Crippen molar-refractivity contribution in [3.8, 4) is 6.07 Å². The van der Waals surface area contributed by atoms with E-state index in [0.717, 1.165) is 0 Å². The Bertz CT molecular complexity index is 1010. The third-order valence-electron chi connectivity index (χ3n) is 3.22. The molecular formula is C17H11N5O5. The molecule has 0 aliphatic heterocycles. The Morgan fingerprint density at radius 1 is 1.04 bits per heavy atom. The molecule has 0 aliphatic rings. The molecule has 134 valence electrons. The van der Waals surface area contributed by atoms with Crippen LogP contribution in [0.5, 0.6) is 0 Å². The fourth-order valence-corrected chi connectivity index (χ4v) is 1.99. The smallest absolute Gasteiger partial charge is 0.267 e. The van der Waals surface area contributed by atoms with Crippen LogP contribution in [0.1, 0.15) is 11.1 Å². The fourth-order valence-electron chi connectivity index (χ4n) is 1.99. The lowest BCUT2D eigenvalue weighted by molar-refractivity contribution is -0.385. The Morgan fingerprint density at radius 2 is 1.59 bits per heavy atom. The molecule has 0 fully saturated rings. The lowest BCUT2D eigenvalue weighted by atomic mass is 10.1. The number of nitro benzene ring substituents is 2. The van der Waals surface area contributed by atoms with Crippen LogP contribution in [0.2, 0.25) is 0 Å². The van der Waals surface area contributed by atoms with E-state index >= 15 is 0 Å². The molecule has 0 aliphatic carbocycles. The van der Waals surface area contributed by atoms with E-state index in [1.807, 2.05) is 0 Å². The summed E-state index contributed by atoms with van der Waals surface area (Å²) in [6, 6.07) is 12.7. The minimum Gasteiger partial charge on any atom is -0.267 e. The molecule has 0 atom stereocenters. The summed E-state index contributed by atoms with van der Waals surface area (Å²) >= 11 is 0. The van der Waals surface area contributed by atoms with Crippen molar-refractivity contribution >= 4 is 29.6 Å². The van der Waals surface area contributed by atoms with Crippen molar-refractivity contribution in [2.24, 2.45) is 5.10 Å². The number of nitro groups is 2. The number of nitrogens with one attached hydrogen (secondary N) is 1. The highest BCUT2D eigenvalue weighted by atomic mass is 16.6. The molecule has 2 rings (SSSR count). The van der Waals surface area contributed by atoms with Crippen LogP contribution < -0.4 is 5.43 Å². The third kappa shape index (κ3) is 5.30. The van der Waals surface area contributed by atoms with Gasteiger partial charge in [0, 0.05) is 29.8 Å². The number of carbonyl (C=O) groups is 1. The maximum absolute atomic E-state index is 12.0. The first-order valence-electron chi connectivity index (χ1n) is 7.35. The van der Waals surface area contributed by atoms with E-state index < -0.39 is 15.8 Å². The number of nitrogens with zero attached hydrogens (tertiary/aromatic N) is 4. The minimum atomic E-state index is -0.828. The summed E-state index contributed by atoms with van der Waals surface area (Å²) in [6.07, 6.45) is 2.37. The summed E-state index contributed by atoms with van der Waals surface area (Å²) in [5, 5.41) is 34.2. The van der Waals surface area contributed by atoms with E-state index in [-0.39, 0.29) is 16.9 Å². The molecule has 0 unspecified atom stereocenters. The van der Waals surface area contributed by atoms with Gasteiger partial charge in [0.05, 0.1) is 16.1 Å².